The first-order valence-electron chi connectivity index (χ1n) is 11.3. The second kappa shape index (κ2) is 8.91. The van der Waals surface area contributed by atoms with Gasteiger partial charge in [-0.2, -0.15) is 0 Å². The SMILES string of the molecule is C=CCOC(=O)C1=C2CN(C(=S)NC)CC[C@@H]2[C@@H]2[C@@H]([C@@H](C)O[Si](C)(C)C(C)(C)C)C(=O)N12. The second-order valence-corrected chi connectivity index (χ2v) is 15.6. The molecular formula is C23H37N3O4SSi. The summed E-state index contributed by atoms with van der Waals surface area (Å²) in [4.78, 5) is 30.1. The van der Waals surface area contributed by atoms with E-state index in [0.29, 0.717) is 17.4 Å². The first-order valence-corrected chi connectivity index (χ1v) is 14.7. The third-order valence-corrected chi connectivity index (χ3v) is 12.5. The molecule has 7 nitrogen and oxygen atoms in total. The Morgan fingerprint density at radius 3 is 2.62 bits per heavy atom. The molecule has 9 heteroatoms. The highest BCUT2D eigenvalue weighted by Gasteiger charge is 2.62. The van der Waals surface area contributed by atoms with Gasteiger partial charge in [-0.3, -0.25) is 4.79 Å². The molecule has 3 heterocycles. The van der Waals surface area contributed by atoms with Crippen LogP contribution in [0.5, 0.6) is 0 Å². The number of nitrogens with zero attached hydrogens (tertiary/aromatic N) is 2. The Kier molecular flexibility index (Phi) is 6.94. The van der Waals surface area contributed by atoms with Gasteiger partial charge in [0, 0.05) is 26.1 Å². The lowest BCUT2D eigenvalue weighted by Gasteiger charge is -2.51. The third kappa shape index (κ3) is 4.14. The molecule has 3 aliphatic heterocycles. The number of carbonyl (C=O) groups excluding carboxylic acids is 2. The second-order valence-electron chi connectivity index (χ2n) is 10.4. The van der Waals surface area contributed by atoms with Gasteiger partial charge in [-0.25, -0.2) is 4.79 Å². The van der Waals surface area contributed by atoms with Gasteiger partial charge in [0.1, 0.15) is 12.3 Å². The lowest BCUT2D eigenvalue weighted by atomic mass is 9.74. The molecule has 0 aliphatic carbocycles. The van der Waals surface area contributed by atoms with Crippen LogP contribution in [0.25, 0.3) is 0 Å². The number of ether oxygens (including phenoxy) is 1. The van der Waals surface area contributed by atoms with Crippen LogP contribution >= 0.6 is 12.2 Å². The van der Waals surface area contributed by atoms with Crippen LogP contribution in [-0.2, 0) is 18.8 Å². The third-order valence-electron chi connectivity index (χ3n) is 7.48. The average molecular weight is 480 g/mol. The Hall–Kier alpha value is -1.71. The Morgan fingerprint density at radius 1 is 1.41 bits per heavy atom. The lowest BCUT2D eigenvalue weighted by molar-refractivity contribution is -0.163. The summed E-state index contributed by atoms with van der Waals surface area (Å²) in [5.74, 6) is -0.646. The first-order chi connectivity index (χ1) is 14.9. The van der Waals surface area contributed by atoms with E-state index in [-0.39, 0.29) is 41.5 Å². The number of esters is 1. The van der Waals surface area contributed by atoms with Crippen molar-refractivity contribution in [1.29, 1.82) is 0 Å². The fourth-order valence-corrected chi connectivity index (χ4v) is 6.42. The van der Waals surface area contributed by atoms with Gasteiger partial charge in [0.05, 0.1) is 18.1 Å². The number of piperidine rings is 1. The molecular weight excluding hydrogens is 442 g/mol. The van der Waals surface area contributed by atoms with Crippen molar-refractivity contribution in [2.45, 2.75) is 64.4 Å². The number of amides is 1. The number of thiocarbonyl (C=S) groups is 1. The van der Waals surface area contributed by atoms with Crippen LogP contribution in [0.1, 0.15) is 34.1 Å². The van der Waals surface area contributed by atoms with Gasteiger partial charge in [-0.15, -0.1) is 0 Å². The normalized spacial score (nSPS) is 26.2. The summed E-state index contributed by atoms with van der Waals surface area (Å²) in [5, 5.41) is 3.71. The van der Waals surface area contributed by atoms with Gasteiger partial charge in [0.2, 0.25) is 5.91 Å². The molecule has 0 aromatic heterocycles. The number of carbonyl (C=O) groups is 2. The number of rotatable bonds is 6. The fourth-order valence-electron chi connectivity index (χ4n) is 4.83. The summed E-state index contributed by atoms with van der Waals surface area (Å²) in [5.41, 5.74) is 1.34. The topological polar surface area (TPSA) is 71.1 Å². The van der Waals surface area contributed by atoms with E-state index >= 15 is 0 Å². The van der Waals surface area contributed by atoms with Crippen molar-refractivity contribution >= 4 is 37.5 Å². The molecule has 1 amide bonds. The maximum atomic E-state index is 13.4. The van der Waals surface area contributed by atoms with Gasteiger partial charge >= 0.3 is 5.97 Å². The summed E-state index contributed by atoms with van der Waals surface area (Å²) in [7, 11) is -0.243. The van der Waals surface area contributed by atoms with E-state index in [1.807, 2.05) is 11.8 Å². The number of likely N-dealkylation sites (tertiary alicyclic amines) is 1. The maximum absolute atomic E-state index is 13.4. The molecule has 2 saturated heterocycles. The van der Waals surface area contributed by atoms with Crippen LogP contribution in [0.4, 0.5) is 0 Å². The predicted octanol–water partition coefficient (Wildman–Crippen LogP) is 3.05. The van der Waals surface area contributed by atoms with Crippen molar-refractivity contribution < 1.29 is 18.8 Å². The van der Waals surface area contributed by atoms with Gasteiger partial charge in [0.15, 0.2) is 13.4 Å². The van der Waals surface area contributed by atoms with Gasteiger partial charge in [-0.1, -0.05) is 33.4 Å². The molecule has 0 aromatic carbocycles. The first kappa shape index (κ1) is 24.9. The number of β-lactam (4-membered cyclic amide) rings is 1. The zero-order valence-corrected chi connectivity index (χ0v) is 22.2. The van der Waals surface area contributed by atoms with Crippen LogP contribution in [0, 0.1) is 11.8 Å². The number of hydrogen-bond acceptors (Lipinski definition) is 5. The molecule has 178 valence electrons. The maximum Gasteiger partial charge on any atom is 0.355 e. The molecule has 0 aromatic rings. The molecule has 0 bridgehead atoms. The highest BCUT2D eigenvalue weighted by molar-refractivity contribution is 7.80. The highest BCUT2D eigenvalue weighted by atomic mass is 32.1. The van der Waals surface area contributed by atoms with Gasteiger partial charge < -0.3 is 24.3 Å². The lowest BCUT2D eigenvalue weighted by Crippen LogP contribution is -2.65. The Bertz CT molecular complexity index is 851. The zero-order valence-electron chi connectivity index (χ0n) is 20.4. The molecule has 1 N–H and O–H groups in total. The Balaban J connectivity index is 1.89. The summed E-state index contributed by atoms with van der Waals surface area (Å²) in [6, 6.07) is -0.0612. The largest absolute Gasteiger partial charge is 0.457 e. The zero-order chi connectivity index (χ0) is 24.0. The smallest absolute Gasteiger partial charge is 0.355 e. The van der Waals surface area contributed by atoms with E-state index in [2.05, 4.69) is 45.8 Å². The van der Waals surface area contributed by atoms with Crippen molar-refractivity contribution in [1.82, 2.24) is 15.1 Å². The molecule has 0 radical (unpaired) electrons. The molecule has 32 heavy (non-hydrogen) atoms. The van der Waals surface area contributed by atoms with Crippen LogP contribution in [0.15, 0.2) is 23.9 Å². The minimum absolute atomic E-state index is 0.0450. The summed E-state index contributed by atoms with van der Waals surface area (Å²) in [6.07, 6.45) is 2.16. The number of fused-ring (bicyclic) bond motifs is 3. The summed E-state index contributed by atoms with van der Waals surface area (Å²) >= 11 is 5.43. The van der Waals surface area contributed by atoms with E-state index in [1.54, 1.807) is 11.9 Å². The fraction of sp³-hybridized carbons (Fsp3) is 0.696. The molecule has 0 unspecified atom stereocenters. The Labute approximate surface area is 198 Å². The van der Waals surface area contributed by atoms with E-state index in [4.69, 9.17) is 21.4 Å². The van der Waals surface area contributed by atoms with Crippen molar-refractivity contribution in [2.75, 3.05) is 26.7 Å². The van der Waals surface area contributed by atoms with E-state index < -0.39 is 14.3 Å². The summed E-state index contributed by atoms with van der Waals surface area (Å²) in [6.45, 7) is 18.1. The van der Waals surface area contributed by atoms with Gasteiger partial charge in [0.25, 0.3) is 0 Å². The molecule has 3 rings (SSSR count). The van der Waals surface area contributed by atoms with Gasteiger partial charge in [-0.05, 0) is 49.3 Å². The van der Waals surface area contributed by atoms with Crippen LogP contribution in [-0.4, -0.2) is 74.0 Å². The van der Waals surface area contributed by atoms with Crippen molar-refractivity contribution in [3.63, 3.8) is 0 Å². The number of nitrogens with one attached hydrogen (secondary N) is 1. The molecule has 0 saturated carbocycles. The quantitative estimate of drug-likeness (QED) is 0.206. The predicted molar refractivity (Wildman–Crippen MR) is 131 cm³/mol. The average Bonchev–Trinajstić information content (AvgIpc) is 3.00. The highest BCUT2D eigenvalue weighted by Crippen LogP contribution is 2.51. The van der Waals surface area contributed by atoms with E-state index in [1.165, 1.54) is 6.08 Å². The van der Waals surface area contributed by atoms with E-state index in [9.17, 15) is 9.59 Å². The minimum atomic E-state index is -2.04. The molecule has 3 aliphatic rings. The van der Waals surface area contributed by atoms with E-state index in [0.717, 1.165) is 18.5 Å². The van der Waals surface area contributed by atoms with Crippen LogP contribution in [0.2, 0.25) is 18.1 Å². The van der Waals surface area contributed by atoms with Crippen molar-refractivity contribution in [3.8, 4) is 0 Å². The molecule has 0 spiro atoms. The van der Waals surface area contributed by atoms with Crippen LogP contribution in [0.3, 0.4) is 0 Å². The standard InChI is InChI=1S/C23H37N3O4SSi/c1-9-12-29-21(28)19-16-13-25(22(31)24-6)11-10-15(16)18-17(20(27)26(18)19)14(2)30-32(7,8)23(3,4)5/h9,14-15,17-18H,1,10-13H2,2-8H3,(H,24,31)/t14-,15+,17-,18-/m1/s1. The molecule has 2 fully saturated rings. The van der Waals surface area contributed by atoms with Crippen molar-refractivity contribution in [2.24, 2.45) is 11.8 Å². The Morgan fingerprint density at radius 2 is 2.06 bits per heavy atom. The summed E-state index contributed by atoms with van der Waals surface area (Å²) < 4.78 is 12.0. The van der Waals surface area contributed by atoms with Crippen molar-refractivity contribution in [3.05, 3.63) is 23.9 Å². The number of hydrogen-bond donors (Lipinski definition) is 1. The molecule has 4 atom stereocenters. The minimum Gasteiger partial charge on any atom is -0.457 e. The van der Waals surface area contributed by atoms with Crippen LogP contribution < -0.4 is 5.32 Å². The monoisotopic (exact) mass is 479 g/mol.